The van der Waals surface area contributed by atoms with Crippen molar-refractivity contribution in [2.75, 3.05) is 6.61 Å². The highest BCUT2D eigenvalue weighted by Crippen LogP contribution is 2.39. The van der Waals surface area contributed by atoms with E-state index in [-0.39, 0.29) is 41.5 Å². The van der Waals surface area contributed by atoms with Gasteiger partial charge in [0, 0.05) is 22.5 Å². The van der Waals surface area contributed by atoms with E-state index in [1.807, 2.05) is 13.0 Å². The maximum Gasteiger partial charge on any atom is 0.335 e. The van der Waals surface area contributed by atoms with E-state index in [0.717, 1.165) is 17.3 Å². The number of rotatable bonds is 12. The van der Waals surface area contributed by atoms with Gasteiger partial charge in [0.15, 0.2) is 5.75 Å². The van der Waals surface area contributed by atoms with Crippen molar-refractivity contribution in [3.05, 3.63) is 102 Å². The van der Waals surface area contributed by atoms with Crippen LogP contribution < -0.4 is 15.0 Å². The summed E-state index contributed by atoms with van der Waals surface area (Å²) in [5, 5.41) is 26.1. The fourth-order valence-corrected chi connectivity index (χ4v) is 4.47. The molecule has 12 heteroatoms. The van der Waals surface area contributed by atoms with Crippen LogP contribution in [0.4, 0.5) is 5.69 Å². The van der Waals surface area contributed by atoms with Gasteiger partial charge in [-0.3, -0.25) is 14.9 Å². The van der Waals surface area contributed by atoms with E-state index in [2.05, 4.69) is 26.0 Å². The van der Waals surface area contributed by atoms with Gasteiger partial charge in [0.05, 0.1) is 34.2 Å². The predicted octanol–water partition coefficient (Wildman–Crippen LogP) is 5.97. The summed E-state index contributed by atoms with van der Waals surface area (Å²) in [5.41, 5.74) is 0.721. The fraction of sp³-hybridized carbons (Fsp3) is 0.241. The number of nitrogens with zero attached hydrogens (tertiary/aromatic N) is 4. The number of carboxylic acid groups (broad SMARTS) is 1. The molecule has 0 saturated heterocycles. The van der Waals surface area contributed by atoms with Gasteiger partial charge in [0.1, 0.15) is 12.4 Å². The molecule has 0 bridgehead atoms. The Morgan fingerprint density at radius 3 is 2.68 bits per heavy atom. The van der Waals surface area contributed by atoms with Gasteiger partial charge in [-0.1, -0.05) is 41.4 Å². The summed E-state index contributed by atoms with van der Waals surface area (Å²) < 4.78 is 13.4. The molecule has 0 amide bonds. The number of carboxylic acids is 1. The van der Waals surface area contributed by atoms with Crippen molar-refractivity contribution in [1.82, 2.24) is 9.66 Å². The number of ether oxygens (including phenoxy) is 2. The molecule has 1 N–H and O–H groups in total. The smallest absolute Gasteiger partial charge is 0.335 e. The van der Waals surface area contributed by atoms with Gasteiger partial charge in [-0.25, -0.2) is 9.78 Å². The molecule has 0 spiro atoms. The number of hydrogen-bond donors (Lipinski definition) is 1. The average molecular weight is 623 g/mol. The number of nitro groups is 1. The number of halogens is 1. The maximum atomic E-state index is 13.4. The second kappa shape index (κ2) is 13.2. The molecule has 212 valence electrons. The first-order chi connectivity index (χ1) is 19.7. The van der Waals surface area contributed by atoms with Crippen molar-refractivity contribution in [3.63, 3.8) is 0 Å². The molecule has 0 unspecified atom stereocenters. The molecule has 0 aliphatic heterocycles. The number of hydrogen-bond acceptors (Lipinski definition) is 8. The molecule has 0 aliphatic carbocycles. The van der Waals surface area contributed by atoms with Crippen molar-refractivity contribution in [1.29, 1.82) is 0 Å². The van der Waals surface area contributed by atoms with Crippen LogP contribution in [0.3, 0.4) is 0 Å². The van der Waals surface area contributed by atoms with Gasteiger partial charge in [0.2, 0.25) is 5.75 Å². The molecule has 0 radical (unpaired) electrons. The molecule has 1 heterocycles. The molecule has 1 aromatic heterocycles. The normalized spacial score (nSPS) is 11.2. The summed E-state index contributed by atoms with van der Waals surface area (Å²) in [4.78, 5) is 40.7. The van der Waals surface area contributed by atoms with Crippen molar-refractivity contribution < 1.29 is 24.3 Å². The lowest BCUT2D eigenvalue weighted by Gasteiger charge is -2.13. The molecule has 0 atom stereocenters. The minimum absolute atomic E-state index is 0.0706. The first-order valence-electron chi connectivity index (χ1n) is 12.9. The van der Waals surface area contributed by atoms with Crippen molar-refractivity contribution in [2.24, 2.45) is 5.10 Å². The topological polar surface area (TPSA) is 146 Å². The van der Waals surface area contributed by atoms with E-state index < -0.39 is 10.9 Å². The lowest BCUT2D eigenvalue weighted by atomic mass is 10.1. The van der Waals surface area contributed by atoms with Crippen LogP contribution in [-0.4, -0.2) is 38.5 Å². The summed E-state index contributed by atoms with van der Waals surface area (Å²) in [6.45, 7) is 3.84. The summed E-state index contributed by atoms with van der Waals surface area (Å²) >= 11 is 3.39. The molecule has 0 saturated carbocycles. The predicted molar refractivity (Wildman–Crippen MR) is 157 cm³/mol. The Bertz CT molecular complexity index is 1700. The SMILES string of the molecule is CCCCc1nc2ccc(Br)cc2c(=O)n1N=Cc1cc(OCC)c(OCc2cccc(C(=O)O)c2)c([N+](=O)[O-])c1. The van der Waals surface area contributed by atoms with Crippen molar-refractivity contribution >= 4 is 44.7 Å². The van der Waals surface area contributed by atoms with E-state index >= 15 is 0 Å². The summed E-state index contributed by atoms with van der Waals surface area (Å²) in [7, 11) is 0. The van der Waals surface area contributed by atoms with Gasteiger partial charge in [0.25, 0.3) is 5.56 Å². The van der Waals surface area contributed by atoms with E-state index in [0.29, 0.717) is 34.3 Å². The van der Waals surface area contributed by atoms with Crippen LogP contribution in [0.15, 0.2) is 69.0 Å². The Balaban J connectivity index is 1.74. The summed E-state index contributed by atoms with van der Waals surface area (Å²) in [6.07, 6.45) is 3.56. The Kier molecular flexibility index (Phi) is 9.45. The third-order valence-corrected chi connectivity index (χ3v) is 6.56. The average Bonchev–Trinajstić information content (AvgIpc) is 2.95. The zero-order valence-electron chi connectivity index (χ0n) is 22.4. The van der Waals surface area contributed by atoms with Gasteiger partial charge >= 0.3 is 11.7 Å². The zero-order valence-corrected chi connectivity index (χ0v) is 24.0. The largest absolute Gasteiger partial charge is 0.490 e. The quantitative estimate of drug-likeness (QED) is 0.115. The number of unbranched alkanes of at least 4 members (excludes halogenated alkanes) is 1. The van der Waals surface area contributed by atoms with Gasteiger partial charge in [-0.15, -0.1) is 0 Å². The molecule has 0 fully saturated rings. The first kappa shape index (κ1) is 29.4. The van der Waals surface area contributed by atoms with Gasteiger partial charge < -0.3 is 14.6 Å². The second-order valence-corrected chi connectivity index (χ2v) is 9.92. The molecule has 11 nitrogen and oxygen atoms in total. The first-order valence-corrected chi connectivity index (χ1v) is 13.7. The van der Waals surface area contributed by atoms with Gasteiger partial charge in [-0.2, -0.15) is 9.78 Å². The Hall–Kier alpha value is -4.58. The third-order valence-electron chi connectivity index (χ3n) is 6.06. The van der Waals surface area contributed by atoms with E-state index in [1.54, 1.807) is 31.2 Å². The lowest BCUT2D eigenvalue weighted by Crippen LogP contribution is -2.22. The lowest BCUT2D eigenvalue weighted by molar-refractivity contribution is -0.386. The number of aromatic carboxylic acids is 1. The molecule has 4 rings (SSSR count). The van der Waals surface area contributed by atoms with Gasteiger partial charge in [-0.05, 0) is 55.3 Å². The summed E-state index contributed by atoms with van der Waals surface area (Å²) in [6, 6.07) is 14.2. The van der Waals surface area contributed by atoms with E-state index in [9.17, 15) is 24.8 Å². The van der Waals surface area contributed by atoms with Crippen molar-refractivity contribution in [2.45, 2.75) is 39.7 Å². The standard InChI is InChI=1S/C29H27BrN4O7/c1-3-5-9-26-32-23-11-10-21(30)15-22(23)28(35)33(26)31-16-19-13-24(34(38)39)27(25(14-19)40-4-2)41-17-18-7-6-8-20(12-18)29(36)37/h6-8,10-16H,3-5,9,17H2,1-2H3,(H,36,37). The van der Waals surface area contributed by atoms with E-state index in [4.69, 9.17) is 9.47 Å². The number of aryl methyl sites for hydroxylation is 1. The minimum Gasteiger partial charge on any atom is -0.490 e. The number of benzene rings is 3. The Morgan fingerprint density at radius 2 is 1.98 bits per heavy atom. The van der Waals surface area contributed by atoms with Crippen LogP contribution in [0, 0.1) is 10.1 Å². The summed E-state index contributed by atoms with van der Waals surface area (Å²) in [5.74, 6) is -0.613. The van der Waals surface area contributed by atoms with Crippen LogP contribution >= 0.6 is 15.9 Å². The number of carbonyl (C=O) groups is 1. The molecular formula is C29H27BrN4O7. The molecule has 41 heavy (non-hydrogen) atoms. The van der Waals surface area contributed by atoms with E-state index in [1.165, 1.54) is 35.2 Å². The highest BCUT2D eigenvalue weighted by molar-refractivity contribution is 9.10. The van der Waals surface area contributed by atoms with Crippen LogP contribution in [0.5, 0.6) is 11.5 Å². The highest BCUT2D eigenvalue weighted by Gasteiger charge is 2.23. The number of aromatic nitrogens is 2. The van der Waals surface area contributed by atoms with Crippen molar-refractivity contribution in [3.8, 4) is 11.5 Å². The van der Waals surface area contributed by atoms with Crippen LogP contribution in [0.2, 0.25) is 0 Å². The number of nitro benzene ring substituents is 1. The van der Waals surface area contributed by atoms with Crippen LogP contribution in [0.1, 0.15) is 54.0 Å². The maximum absolute atomic E-state index is 13.4. The van der Waals surface area contributed by atoms with Crippen LogP contribution in [-0.2, 0) is 13.0 Å². The number of fused-ring (bicyclic) bond motifs is 1. The highest BCUT2D eigenvalue weighted by atomic mass is 79.9. The molecular weight excluding hydrogens is 596 g/mol. The Morgan fingerprint density at radius 1 is 1.17 bits per heavy atom. The van der Waals surface area contributed by atoms with Crippen LogP contribution in [0.25, 0.3) is 10.9 Å². The Labute approximate surface area is 243 Å². The monoisotopic (exact) mass is 622 g/mol. The third kappa shape index (κ3) is 6.95. The molecule has 4 aromatic rings. The molecule has 0 aliphatic rings. The minimum atomic E-state index is -1.09. The molecule has 3 aromatic carbocycles. The zero-order chi connectivity index (χ0) is 29.5. The second-order valence-electron chi connectivity index (χ2n) is 9.01. The fourth-order valence-electron chi connectivity index (χ4n) is 4.11.